The van der Waals surface area contributed by atoms with Crippen LogP contribution in [0.2, 0.25) is 0 Å². The molecule has 28 heavy (non-hydrogen) atoms. The van der Waals surface area contributed by atoms with E-state index in [1.165, 1.54) is 24.2 Å². The number of benzene rings is 2. The standard InChI is InChI=1S/C21H27N3O3S/c1-14(2)13-23-19-10-17(11-20(12-19)28(26,27)22-3)21(25)24-18-8-7-15-5-4-6-16(15)9-18/h7-12,14,22-23H,4-6,13H2,1-3H3,(H,24,25). The molecule has 0 aromatic heterocycles. The molecule has 7 heteroatoms. The fourth-order valence-electron chi connectivity index (χ4n) is 3.28. The van der Waals surface area contributed by atoms with Gasteiger partial charge in [0.05, 0.1) is 4.90 Å². The molecule has 0 heterocycles. The first kappa shape index (κ1) is 20.4. The second-order valence-electron chi connectivity index (χ2n) is 7.52. The van der Waals surface area contributed by atoms with Crippen molar-refractivity contribution in [1.82, 2.24) is 4.72 Å². The van der Waals surface area contributed by atoms with Gasteiger partial charge in [-0.2, -0.15) is 0 Å². The molecule has 0 fully saturated rings. The Balaban J connectivity index is 1.89. The third kappa shape index (κ3) is 4.72. The summed E-state index contributed by atoms with van der Waals surface area (Å²) in [7, 11) is -2.31. The van der Waals surface area contributed by atoms with E-state index in [1.54, 1.807) is 12.1 Å². The van der Waals surface area contributed by atoms with Gasteiger partial charge in [0, 0.05) is 23.5 Å². The number of aryl methyl sites for hydroxylation is 2. The summed E-state index contributed by atoms with van der Waals surface area (Å²) in [6, 6.07) is 10.6. The van der Waals surface area contributed by atoms with E-state index in [1.807, 2.05) is 12.1 Å². The Bertz CT molecular complexity index is 984. The van der Waals surface area contributed by atoms with Crippen LogP contribution in [0.25, 0.3) is 0 Å². The molecule has 0 spiro atoms. The fraction of sp³-hybridized carbons (Fsp3) is 0.381. The molecule has 2 aromatic carbocycles. The van der Waals surface area contributed by atoms with E-state index >= 15 is 0 Å². The van der Waals surface area contributed by atoms with E-state index in [-0.39, 0.29) is 10.8 Å². The molecule has 1 aliphatic carbocycles. The number of carbonyl (C=O) groups excluding carboxylic acids is 1. The molecule has 3 rings (SSSR count). The van der Waals surface area contributed by atoms with Crippen molar-refractivity contribution in [2.45, 2.75) is 38.0 Å². The number of nitrogens with one attached hydrogen (secondary N) is 3. The van der Waals surface area contributed by atoms with Crippen molar-refractivity contribution in [3.63, 3.8) is 0 Å². The van der Waals surface area contributed by atoms with Crippen LogP contribution < -0.4 is 15.4 Å². The smallest absolute Gasteiger partial charge is 0.255 e. The SMILES string of the molecule is CNS(=O)(=O)c1cc(NCC(C)C)cc(C(=O)Nc2ccc3c(c2)CCC3)c1. The maximum absolute atomic E-state index is 12.8. The van der Waals surface area contributed by atoms with Gasteiger partial charge in [0.25, 0.3) is 5.91 Å². The average Bonchev–Trinajstić information content (AvgIpc) is 3.14. The summed E-state index contributed by atoms with van der Waals surface area (Å²) in [5.41, 5.74) is 4.22. The Morgan fingerprint density at radius 2 is 1.79 bits per heavy atom. The van der Waals surface area contributed by atoms with Crippen LogP contribution >= 0.6 is 0 Å². The monoisotopic (exact) mass is 401 g/mol. The van der Waals surface area contributed by atoms with Crippen molar-refractivity contribution in [1.29, 1.82) is 0 Å². The van der Waals surface area contributed by atoms with E-state index in [9.17, 15) is 13.2 Å². The summed E-state index contributed by atoms with van der Waals surface area (Å²) in [6.07, 6.45) is 3.25. The molecule has 3 N–H and O–H groups in total. The van der Waals surface area contributed by atoms with Gasteiger partial charge < -0.3 is 10.6 Å². The number of hydrogen-bond donors (Lipinski definition) is 3. The molecule has 0 unspecified atom stereocenters. The van der Waals surface area contributed by atoms with Crippen LogP contribution in [0.3, 0.4) is 0 Å². The first-order valence-corrected chi connectivity index (χ1v) is 11.0. The Labute approximate surface area is 166 Å². The van der Waals surface area contributed by atoms with Gasteiger partial charge in [0.2, 0.25) is 10.0 Å². The minimum Gasteiger partial charge on any atom is -0.385 e. The van der Waals surface area contributed by atoms with Crippen molar-refractivity contribution < 1.29 is 13.2 Å². The molecule has 0 aliphatic heterocycles. The summed E-state index contributed by atoms with van der Waals surface area (Å²) in [6.45, 7) is 4.79. The Kier molecular flexibility index (Phi) is 6.05. The quantitative estimate of drug-likeness (QED) is 0.664. The highest BCUT2D eigenvalue weighted by Crippen LogP contribution is 2.26. The lowest BCUT2D eigenvalue weighted by molar-refractivity contribution is 0.102. The predicted molar refractivity (Wildman–Crippen MR) is 112 cm³/mol. The third-order valence-corrected chi connectivity index (χ3v) is 6.21. The van der Waals surface area contributed by atoms with Crippen LogP contribution in [0, 0.1) is 5.92 Å². The molecular formula is C21H27N3O3S. The van der Waals surface area contributed by atoms with Gasteiger partial charge in [-0.1, -0.05) is 19.9 Å². The maximum atomic E-state index is 12.8. The van der Waals surface area contributed by atoms with Crippen LogP contribution in [0.1, 0.15) is 41.8 Å². The topological polar surface area (TPSA) is 87.3 Å². The largest absolute Gasteiger partial charge is 0.385 e. The van der Waals surface area contributed by atoms with Crippen molar-refractivity contribution >= 4 is 27.3 Å². The number of sulfonamides is 1. The van der Waals surface area contributed by atoms with Crippen molar-refractivity contribution in [3.05, 3.63) is 53.1 Å². The lowest BCUT2D eigenvalue weighted by Gasteiger charge is -2.14. The highest BCUT2D eigenvalue weighted by atomic mass is 32.2. The second kappa shape index (κ2) is 8.32. The van der Waals surface area contributed by atoms with E-state index in [0.717, 1.165) is 24.9 Å². The maximum Gasteiger partial charge on any atom is 0.255 e. The number of carbonyl (C=O) groups is 1. The zero-order valence-electron chi connectivity index (χ0n) is 16.5. The fourth-order valence-corrected chi connectivity index (χ4v) is 4.08. The van der Waals surface area contributed by atoms with Crippen molar-refractivity contribution in [2.75, 3.05) is 24.2 Å². The zero-order valence-corrected chi connectivity index (χ0v) is 17.3. The molecule has 0 radical (unpaired) electrons. The van der Waals surface area contributed by atoms with Crippen LogP contribution in [-0.4, -0.2) is 27.9 Å². The normalized spacial score (nSPS) is 13.4. The molecule has 0 saturated carbocycles. The molecule has 1 aliphatic rings. The van der Waals surface area contributed by atoms with E-state index < -0.39 is 10.0 Å². The molecule has 2 aromatic rings. The predicted octanol–water partition coefficient (Wildman–Crippen LogP) is 3.40. The van der Waals surface area contributed by atoms with Gasteiger partial charge in [-0.3, -0.25) is 4.79 Å². The van der Waals surface area contributed by atoms with Crippen LogP contribution in [0.5, 0.6) is 0 Å². The lowest BCUT2D eigenvalue weighted by Crippen LogP contribution is -2.20. The Morgan fingerprint density at radius 3 is 2.50 bits per heavy atom. The first-order valence-electron chi connectivity index (χ1n) is 9.54. The van der Waals surface area contributed by atoms with Gasteiger partial charge in [-0.25, -0.2) is 13.1 Å². The van der Waals surface area contributed by atoms with Gasteiger partial charge in [-0.15, -0.1) is 0 Å². The van der Waals surface area contributed by atoms with Gasteiger partial charge in [-0.05, 0) is 73.7 Å². The number of rotatable bonds is 7. The molecular weight excluding hydrogens is 374 g/mol. The number of amides is 1. The molecule has 0 saturated heterocycles. The highest BCUT2D eigenvalue weighted by Gasteiger charge is 2.18. The molecule has 0 bridgehead atoms. The Hall–Kier alpha value is -2.38. The molecule has 150 valence electrons. The van der Waals surface area contributed by atoms with E-state index in [2.05, 4.69) is 35.3 Å². The molecule has 0 atom stereocenters. The minimum atomic E-state index is -3.67. The Morgan fingerprint density at radius 1 is 1.04 bits per heavy atom. The molecule has 6 nitrogen and oxygen atoms in total. The molecule has 1 amide bonds. The van der Waals surface area contributed by atoms with Gasteiger partial charge in [0.1, 0.15) is 0 Å². The summed E-state index contributed by atoms with van der Waals surface area (Å²) in [5.74, 6) is 0.0481. The van der Waals surface area contributed by atoms with Gasteiger partial charge in [0.15, 0.2) is 0 Å². The summed E-state index contributed by atoms with van der Waals surface area (Å²) in [5, 5.41) is 6.10. The van der Waals surface area contributed by atoms with Gasteiger partial charge >= 0.3 is 0 Å². The first-order chi connectivity index (χ1) is 13.3. The minimum absolute atomic E-state index is 0.0582. The third-order valence-electron chi connectivity index (χ3n) is 4.82. The zero-order chi connectivity index (χ0) is 20.3. The van der Waals surface area contributed by atoms with Crippen LogP contribution in [0.4, 0.5) is 11.4 Å². The van der Waals surface area contributed by atoms with Crippen LogP contribution in [-0.2, 0) is 22.9 Å². The average molecular weight is 402 g/mol. The van der Waals surface area contributed by atoms with Crippen LogP contribution in [0.15, 0.2) is 41.3 Å². The van der Waals surface area contributed by atoms with E-state index in [4.69, 9.17) is 0 Å². The number of hydrogen-bond acceptors (Lipinski definition) is 4. The highest BCUT2D eigenvalue weighted by molar-refractivity contribution is 7.89. The summed E-state index contributed by atoms with van der Waals surface area (Å²) >= 11 is 0. The van der Waals surface area contributed by atoms with E-state index in [0.29, 0.717) is 23.7 Å². The number of fused-ring (bicyclic) bond motifs is 1. The second-order valence-corrected chi connectivity index (χ2v) is 9.41. The van der Waals surface area contributed by atoms with Crippen molar-refractivity contribution in [3.8, 4) is 0 Å². The van der Waals surface area contributed by atoms with Crippen molar-refractivity contribution in [2.24, 2.45) is 5.92 Å². The lowest BCUT2D eigenvalue weighted by atomic mass is 10.1. The summed E-state index contributed by atoms with van der Waals surface area (Å²) in [4.78, 5) is 12.9. The number of anilines is 2. The summed E-state index contributed by atoms with van der Waals surface area (Å²) < 4.78 is 26.9.